The van der Waals surface area contributed by atoms with Crippen LogP contribution in [0.15, 0.2) is 58.2 Å². The van der Waals surface area contributed by atoms with Crippen LogP contribution in [0.5, 0.6) is 0 Å². The van der Waals surface area contributed by atoms with Crippen molar-refractivity contribution in [1.82, 2.24) is 0 Å². The van der Waals surface area contributed by atoms with Gasteiger partial charge in [-0.2, -0.15) is 0 Å². The van der Waals surface area contributed by atoms with Crippen molar-refractivity contribution in [2.24, 2.45) is 11.1 Å². The zero-order valence-corrected chi connectivity index (χ0v) is 13.7. The van der Waals surface area contributed by atoms with E-state index >= 15 is 0 Å². The second-order valence-electron chi connectivity index (χ2n) is 5.48. The lowest BCUT2D eigenvalue weighted by molar-refractivity contribution is -0.126. The number of fused-ring (bicyclic) bond motifs is 1. The Balaban J connectivity index is 1.71. The van der Waals surface area contributed by atoms with Crippen LogP contribution >= 0.6 is 15.9 Å². The third-order valence-corrected chi connectivity index (χ3v) is 4.55. The lowest BCUT2D eigenvalue weighted by Crippen LogP contribution is -2.33. The van der Waals surface area contributed by atoms with Crippen LogP contribution in [0.1, 0.15) is 5.56 Å². The molecule has 7 heteroatoms. The summed E-state index contributed by atoms with van der Waals surface area (Å²) in [5.74, 6) is -2.34. The molecular weight excluding hydrogens is 379 g/mol. The normalized spacial score (nSPS) is 22.4. The molecule has 0 unspecified atom stereocenters. The lowest BCUT2D eigenvalue weighted by Gasteiger charge is -2.15. The maximum absolute atomic E-state index is 13.4. The van der Waals surface area contributed by atoms with Gasteiger partial charge in [-0.25, -0.2) is 9.29 Å². The highest BCUT2D eigenvalue weighted by Crippen LogP contribution is 2.35. The van der Waals surface area contributed by atoms with Gasteiger partial charge in [-0.3, -0.25) is 9.59 Å². The van der Waals surface area contributed by atoms with Crippen LogP contribution in [0.3, 0.4) is 0 Å². The highest BCUT2D eigenvalue weighted by Gasteiger charge is 2.56. The van der Waals surface area contributed by atoms with Gasteiger partial charge in [0.05, 0.1) is 5.69 Å². The van der Waals surface area contributed by atoms with Crippen LogP contribution in [0.2, 0.25) is 0 Å². The predicted octanol–water partition coefficient (Wildman–Crippen LogP) is 2.88. The van der Waals surface area contributed by atoms with Gasteiger partial charge in [0.1, 0.15) is 17.4 Å². The maximum Gasteiger partial charge on any atom is 0.278 e. The molecule has 1 fully saturated rings. The summed E-state index contributed by atoms with van der Waals surface area (Å²) in [5.41, 5.74) is 1.30. The highest BCUT2D eigenvalue weighted by atomic mass is 79.9. The fourth-order valence-electron chi connectivity index (χ4n) is 2.91. The number of amides is 2. The first-order valence-electron chi connectivity index (χ1n) is 7.19. The number of hydrogen-bond acceptors (Lipinski definition) is 4. The molecule has 2 heterocycles. The largest absolute Gasteiger partial charge is 0.381 e. The fourth-order valence-corrected chi connectivity index (χ4v) is 3.17. The van der Waals surface area contributed by atoms with Crippen LogP contribution in [0.25, 0.3) is 0 Å². The number of rotatable bonds is 2. The first kappa shape index (κ1) is 15.0. The molecule has 120 valence electrons. The molecule has 0 saturated carbocycles. The molecule has 2 aliphatic heterocycles. The summed E-state index contributed by atoms with van der Waals surface area (Å²) in [6, 6.07) is 12.6. The number of carbonyl (C=O) groups excluding carboxylic acids is 2. The summed E-state index contributed by atoms with van der Waals surface area (Å²) in [7, 11) is 0. The number of anilines is 1. The quantitative estimate of drug-likeness (QED) is 0.743. The molecule has 0 aromatic heterocycles. The van der Waals surface area contributed by atoms with Gasteiger partial charge >= 0.3 is 0 Å². The summed E-state index contributed by atoms with van der Waals surface area (Å²) in [5, 5.41) is 3.93. The van der Waals surface area contributed by atoms with Gasteiger partial charge < -0.3 is 4.84 Å². The number of oxime groups is 1. The van der Waals surface area contributed by atoms with Crippen LogP contribution in [0.4, 0.5) is 10.1 Å². The second kappa shape index (κ2) is 5.52. The van der Waals surface area contributed by atoms with Crippen molar-refractivity contribution < 1.29 is 18.8 Å². The summed E-state index contributed by atoms with van der Waals surface area (Å²) >= 11 is 3.34. The Morgan fingerprint density at radius 2 is 1.83 bits per heavy atom. The van der Waals surface area contributed by atoms with Gasteiger partial charge in [-0.05, 0) is 30.3 Å². The number of nitrogens with zero attached hydrogens (tertiary/aromatic N) is 2. The van der Waals surface area contributed by atoms with E-state index in [1.807, 2.05) is 12.1 Å². The number of carbonyl (C=O) groups is 2. The van der Waals surface area contributed by atoms with Gasteiger partial charge in [0.2, 0.25) is 12.0 Å². The molecule has 0 bridgehead atoms. The monoisotopic (exact) mass is 388 g/mol. The molecule has 2 amide bonds. The SMILES string of the molecule is O=C1[C@@H]2C(c3ccc(Br)cc3)=NO[C@@H]2C(=O)N1c1cccc(F)c1. The average Bonchev–Trinajstić information content (AvgIpc) is 3.09. The molecular formula is C17H10BrFN2O3. The summed E-state index contributed by atoms with van der Waals surface area (Å²) < 4.78 is 14.3. The van der Waals surface area contributed by atoms with E-state index in [2.05, 4.69) is 21.1 Å². The second-order valence-corrected chi connectivity index (χ2v) is 6.39. The van der Waals surface area contributed by atoms with E-state index in [-0.39, 0.29) is 5.69 Å². The van der Waals surface area contributed by atoms with Gasteiger partial charge in [-0.1, -0.05) is 39.3 Å². The lowest BCUT2D eigenvalue weighted by atomic mass is 9.94. The molecule has 2 aliphatic rings. The molecule has 5 nitrogen and oxygen atoms in total. The highest BCUT2D eigenvalue weighted by molar-refractivity contribution is 9.10. The summed E-state index contributed by atoms with van der Waals surface area (Å²) in [6.07, 6.45) is -1.00. The Kier molecular flexibility index (Phi) is 3.45. The van der Waals surface area contributed by atoms with Gasteiger partial charge in [0, 0.05) is 10.0 Å². The predicted molar refractivity (Wildman–Crippen MR) is 87.9 cm³/mol. The van der Waals surface area contributed by atoms with Crippen molar-refractivity contribution >= 4 is 39.1 Å². The number of imide groups is 1. The Labute approximate surface area is 144 Å². The smallest absolute Gasteiger partial charge is 0.278 e. The van der Waals surface area contributed by atoms with Gasteiger partial charge in [0.25, 0.3) is 5.91 Å². The fraction of sp³-hybridized carbons (Fsp3) is 0.118. The molecule has 2 atom stereocenters. The van der Waals surface area contributed by atoms with Crippen molar-refractivity contribution in [3.8, 4) is 0 Å². The van der Waals surface area contributed by atoms with Crippen molar-refractivity contribution in [2.45, 2.75) is 6.10 Å². The molecule has 0 radical (unpaired) electrons. The zero-order chi connectivity index (χ0) is 16.8. The van der Waals surface area contributed by atoms with Crippen molar-refractivity contribution in [2.75, 3.05) is 4.90 Å². The minimum atomic E-state index is -1.00. The van der Waals surface area contributed by atoms with E-state index in [0.29, 0.717) is 11.3 Å². The number of halogens is 2. The first-order chi connectivity index (χ1) is 11.6. The van der Waals surface area contributed by atoms with E-state index in [9.17, 15) is 14.0 Å². The summed E-state index contributed by atoms with van der Waals surface area (Å²) in [6.45, 7) is 0. The van der Waals surface area contributed by atoms with E-state index in [1.54, 1.807) is 12.1 Å². The molecule has 1 saturated heterocycles. The molecule has 2 aromatic carbocycles. The molecule has 2 aromatic rings. The van der Waals surface area contributed by atoms with E-state index in [1.165, 1.54) is 18.2 Å². The Morgan fingerprint density at radius 1 is 1.08 bits per heavy atom. The average molecular weight is 389 g/mol. The zero-order valence-electron chi connectivity index (χ0n) is 12.1. The molecule has 0 spiro atoms. The van der Waals surface area contributed by atoms with Crippen LogP contribution in [0, 0.1) is 11.7 Å². The van der Waals surface area contributed by atoms with Crippen LogP contribution in [-0.4, -0.2) is 23.6 Å². The topological polar surface area (TPSA) is 59.0 Å². The van der Waals surface area contributed by atoms with E-state index in [4.69, 9.17) is 4.84 Å². The van der Waals surface area contributed by atoms with Crippen molar-refractivity contribution in [1.29, 1.82) is 0 Å². The van der Waals surface area contributed by atoms with Crippen molar-refractivity contribution in [3.63, 3.8) is 0 Å². The van der Waals surface area contributed by atoms with E-state index in [0.717, 1.165) is 15.4 Å². The first-order valence-corrected chi connectivity index (χ1v) is 7.98. The van der Waals surface area contributed by atoms with Crippen LogP contribution in [-0.2, 0) is 14.4 Å². The van der Waals surface area contributed by atoms with Gasteiger partial charge in [-0.15, -0.1) is 0 Å². The Morgan fingerprint density at radius 3 is 2.54 bits per heavy atom. The minimum Gasteiger partial charge on any atom is -0.381 e. The third kappa shape index (κ3) is 2.24. The molecule has 24 heavy (non-hydrogen) atoms. The van der Waals surface area contributed by atoms with Crippen LogP contribution < -0.4 is 4.90 Å². The molecule has 0 aliphatic carbocycles. The van der Waals surface area contributed by atoms with Crippen molar-refractivity contribution in [3.05, 3.63) is 64.4 Å². The number of benzene rings is 2. The van der Waals surface area contributed by atoms with Gasteiger partial charge in [0.15, 0.2) is 0 Å². The maximum atomic E-state index is 13.4. The third-order valence-electron chi connectivity index (χ3n) is 4.02. The summed E-state index contributed by atoms with van der Waals surface area (Å²) in [4.78, 5) is 31.5. The van der Waals surface area contributed by atoms with E-state index < -0.39 is 29.7 Å². The molecule has 4 rings (SSSR count). The Hall–Kier alpha value is -2.54. The Bertz CT molecular complexity index is 882. The minimum absolute atomic E-state index is 0.193. The standard InChI is InChI=1S/C17H10BrFN2O3/c18-10-6-4-9(5-7-10)14-13-15(24-20-14)17(23)21(16(13)22)12-3-1-2-11(19)8-12/h1-8,13,15H/t13-,15+/m1/s1. The molecule has 0 N–H and O–H groups in total. The number of hydrogen-bond donors (Lipinski definition) is 0.